The van der Waals surface area contributed by atoms with Gasteiger partial charge in [-0.1, -0.05) is 0 Å². The van der Waals surface area contributed by atoms with Crippen LogP contribution in [0.3, 0.4) is 0 Å². The maximum absolute atomic E-state index is 6.48. The van der Waals surface area contributed by atoms with Crippen LogP contribution in [0.1, 0.15) is 68.5 Å². The normalized spacial score (nSPS) is 23.7. The van der Waals surface area contributed by atoms with Crippen LogP contribution in [-0.2, 0) is 6.42 Å². The summed E-state index contributed by atoms with van der Waals surface area (Å²) in [5, 5.41) is 0. The van der Waals surface area contributed by atoms with Gasteiger partial charge in [0.15, 0.2) is 11.5 Å². The van der Waals surface area contributed by atoms with Gasteiger partial charge in [0.2, 0.25) is 0 Å². The fraction of sp³-hybridized carbons (Fsp3) is 0.739. The van der Waals surface area contributed by atoms with Crippen LogP contribution < -0.4 is 9.47 Å². The molecule has 1 aliphatic heterocycles. The van der Waals surface area contributed by atoms with Gasteiger partial charge in [-0.2, -0.15) is 0 Å². The molecule has 1 saturated carbocycles. The summed E-state index contributed by atoms with van der Waals surface area (Å²) in [7, 11) is 4.18. The zero-order valence-electron chi connectivity index (χ0n) is 17.2. The first-order chi connectivity index (χ1) is 13.2. The van der Waals surface area contributed by atoms with Gasteiger partial charge in [-0.05, 0) is 108 Å². The fourth-order valence-electron chi connectivity index (χ4n) is 4.95. The molecule has 4 nitrogen and oxygen atoms in total. The van der Waals surface area contributed by atoms with Crippen LogP contribution in [0.15, 0.2) is 12.1 Å². The van der Waals surface area contributed by atoms with Crippen LogP contribution in [0.25, 0.3) is 0 Å². The third-order valence-corrected chi connectivity index (χ3v) is 6.46. The maximum Gasteiger partial charge on any atom is 0.161 e. The van der Waals surface area contributed by atoms with Crippen molar-refractivity contribution in [3.8, 4) is 11.5 Å². The molecule has 1 saturated heterocycles. The average molecular weight is 373 g/mol. The van der Waals surface area contributed by atoms with Gasteiger partial charge in [0.1, 0.15) is 6.61 Å². The summed E-state index contributed by atoms with van der Waals surface area (Å²) in [6, 6.07) is 5.23. The molecule has 4 rings (SSSR count). The van der Waals surface area contributed by atoms with E-state index in [4.69, 9.17) is 9.47 Å². The van der Waals surface area contributed by atoms with Gasteiger partial charge in [0.05, 0.1) is 6.10 Å². The molecule has 2 fully saturated rings. The Hall–Kier alpha value is -1.26. The van der Waals surface area contributed by atoms with Crippen molar-refractivity contribution in [2.45, 2.75) is 69.9 Å². The SMILES string of the molecule is CN(C)CCOc1cc2c(cc1OC1CCCC1)C(N1CCCC1)CCC2. The highest BCUT2D eigenvalue weighted by Crippen LogP contribution is 2.42. The van der Waals surface area contributed by atoms with Crippen molar-refractivity contribution in [2.24, 2.45) is 0 Å². The summed E-state index contributed by atoms with van der Waals surface area (Å²) in [5.74, 6) is 1.95. The molecule has 1 heterocycles. The van der Waals surface area contributed by atoms with Crippen LogP contribution in [0.5, 0.6) is 11.5 Å². The van der Waals surface area contributed by atoms with Crippen LogP contribution in [0.4, 0.5) is 0 Å². The van der Waals surface area contributed by atoms with Crippen molar-refractivity contribution >= 4 is 0 Å². The monoisotopic (exact) mass is 372 g/mol. The smallest absolute Gasteiger partial charge is 0.161 e. The molecule has 3 aliphatic rings. The van der Waals surface area contributed by atoms with Crippen LogP contribution >= 0.6 is 0 Å². The van der Waals surface area contributed by atoms with Crippen molar-refractivity contribution in [3.05, 3.63) is 23.3 Å². The quantitative estimate of drug-likeness (QED) is 0.707. The number of likely N-dealkylation sites (N-methyl/N-ethyl adjacent to an activating group) is 1. The van der Waals surface area contributed by atoms with E-state index in [1.54, 1.807) is 0 Å². The molecule has 1 atom stereocenters. The van der Waals surface area contributed by atoms with Crippen LogP contribution in [0.2, 0.25) is 0 Å². The predicted molar refractivity (Wildman–Crippen MR) is 110 cm³/mol. The lowest BCUT2D eigenvalue weighted by Gasteiger charge is -2.34. The first-order valence-electron chi connectivity index (χ1n) is 11.1. The summed E-state index contributed by atoms with van der Waals surface area (Å²) in [6.07, 6.45) is 11.8. The molecule has 150 valence electrons. The average Bonchev–Trinajstić information content (AvgIpc) is 3.35. The van der Waals surface area contributed by atoms with Gasteiger partial charge in [-0.25, -0.2) is 0 Å². The Morgan fingerprint density at radius 1 is 0.963 bits per heavy atom. The summed E-state index contributed by atoms with van der Waals surface area (Å²) in [6.45, 7) is 4.15. The van der Waals surface area contributed by atoms with E-state index >= 15 is 0 Å². The van der Waals surface area contributed by atoms with Crippen molar-refractivity contribution in [1.29, 1.82) is 0 Å². The molecule has 1 aromatic rings. The lowest BCUT2D eigenvalue weighted by molar-refractivity contribution is 0.187. The number of benzene rings is 1. The first-order valence-corrected chi connectivity index (χ1v) is 11.1. The van der Waals surface area contributed by atoms with E-state index in [2.05, 4.69) is 36.0 Å². The van der Waals surface area contributed by atoms with Gasteiger partial charge < -0.3 is 14.4 Å². The molecule has 0 amide bonds. The number of fused-ring (bicyclic) bond motifs is 1. The third kappa shape index (κ3) is 4.60. The number of rotatable bonds is 7. The zero-order valence-corrected chi connectivity index (χ0v) is 17.2. The lowest BCUT2D eigenvalue weighted by atomic mass is 9.86. The number of aryl methyl sites for hydroxylation is 1. The first kappa shape index (κ1) is 19.1. The highest BCUT2D eigenvalue weighted by Gasteiger charge is 2.30. The van der Waals surface area contributed by atoms with Gasteiger partial charge in [0.25, 0.3) is 0 Å². The summed E-state index contributed by atoms with van der Waals surface area (Å²) >= 11 is 0. The second-order valence-corrected chi connectivity index (χ2v) is 8.82. The number of hydrogen-bond acceptors (Lipinski definition) is 4. The minimum Gasteiger partial charge on any atom is -0.488 e. The maximum atomic E-state index is 6.48. The van der Waals surface area contributed by atoms with E-state index in [-0.39, 0.29) is 0 Å². The number of hydrogen-bond donors (Lipinski definition) is 0. The number of ether oxygens (including phenoxy) is 2. The molecule has 1 unspecified atom stereocenters. The minimum atomic E-state index is 0.369. The number of likely N-dealkylation sites (tertiary alicyclic amines) is 1. The van der Waals surface area contributed by atoms with E-state index in [1.807, 2.05) is 0 Å². The van der Waals surface area contributed by atoms with Crippen molar-refractivity contribution < 1.29 is 9.47 Å². The van der Waals surface area contributed by atoms with Gasteiger partial charge in [-0.3, -0.25) is 4.90 Å². The molecular weight excluding hydrogens is 336 g/mol. The molecule has 2 aliphatic carbocycles. The van der Waals surface area contributed by atoms with E-state index in [1.165, 1.54) is 82.0 Å². The largest absolute Gasteiger partial charge is 0.488 e. The Kier molecular flexibility index (Phi) is 6.24. The van der Waals surface area contributed by atoms with E-state index in [9.17, 15) is 0 Å². The summed E-state index contributed by atoms with van der Waals surface area (Å²) in [4.78, 5) is 4.86. The summed E-state index contributed by atoms with van der Waals surface area (Å²) in [5.41, 5.74) is 2.99. The highest BCUT2D eigenvalue weighted by molar-refractivity contribution is 5.49. The molecule has 0 radical (unpaired) electrons. The Bertz CT molecular complexity index is 619. The highest BCUT2D eigenvalue weighted by atomic mass is 16.5. The van der Waals surface area contributed by atoms with Gasteiger partial charge in [-0.15, -0.1) is 0 Å². The molecule has 0 N–H and O–H groups in total. The molecule has 27 heavy (non-hydrogen) atoms. The lowest BCUT2D eigenvalue weighted by Crippen LogP contribution is -2.29. The van der Waals surface area contributed by atoms with Crippen molar-refractivity contribution in [3.63, 3.8) is 0 Å². The zero-order chi connectivity index (χ0) is 18.6. The molecule has 0 bridgehead atoms. The Labute approximate surface area is 164 Å². The fourth-order valence-corrected chi connectivity index (χ4v) is 4.95. The van der Waals surface area contributed by atoms with Crippen LogP contribution in [-0.4, -0.2) is 56.2 Å². The third-order valence-electron chi connectivity index (χ3n) is 6.46. The number of nitrogens with zero attached hydrogens (tertiary/aromatic N) is 2. The van der Waals surface area contributed by atoms with Gasteiger partial charge in [0, 0.05) is 12.6 Å². The van der Waals surface area contributed by atoms with E-state index in [0.717, 1.165) is 18.0 Å². The molecule has 4 heteroatoms. The Morgan fingerprint density at radius 3 is 2.48 bits per heavy atom. The topological polar surface area (TPSA) is 24.9 Å². The van der Waals surface area contributed by atoms with Crippen molar-refractivity contribution in [2.75, 3.05) is 40.3 Å². The molecule has 0 spiro atoms. The van der Waals surface area contributed by atoms with Gasteiger partial charge >= 0.3 is 0 Å². The second kappa shape index (κ2) is 8.83. The summed E-state index contributed by atoms with van der Waals surface area (Å²) < 4.78 is 12.7. The second-order valence-electron chi connectivity index (χ2n) is 8.82. The molecule has 0 aromatic heterocycles. The standard InChI is InChI=1S/C23H36N2O2/c1-24(2)14-15-26-22-16-18-8-7-11-21(25-12-5-6-13-25)20(18)17-23(22)27-19-9-3-4-10-19/h16-17,19,21H,3-15H2,1-2H3. The molecular formula is C23H36N2O2. The van der Waals surface area contributed by atoms with Crippen LogP contribution in [0, 0.1) is 0 Å². The van der Waals surface area contributed by atoms with Crippen molar-refractivity contribution in [1.82, 2.24) is 9.80 Å². The Morgan fingerprint density at radius 2 is 1.74 bits per heavy atom. The minimum absolute atomic E-state index is 0.369. The van der Waals surface area contributed by atoms with E-state index in [0.29, 0.717) is 18.8 Å². The van der Waals surface area contributed by atoms with E-state index < -0.39 is 0 Å². The predicted octanol–water partition coefficient (Wildman–Crippen LogP) is 4.42. The molecule has 1 aromatic carbocycles. The Balaban J connectivity index is 1.59.